The summed E-state index contributed by atoms with van der Waals surface area (Å²) >= 11 is 0. The van der Waals surface area contributed by atoms with Gasteiger partial charge in [-0.05, 0) is 98.7 Å². The fraction of sp³-hybridized carbons (Fsp3) is 0.578. The number of rotatable bonds is 11. The molecule has 7 rings (SSSR count). The minimum absolute atomic E-state index is 0.0109. The van der Waals surface area contributed by atoms with Crippen molar-refractivity contribution in [2.24, 2.45) is 5.41 Å². The van der Waals surface area contributed by atoms with E-state index in [1.54, 1.807) is 25.4 Å². The molecule has 0 amide bonds. The minimum Gasteiger partial charge on any atom is -0.468 e. The number of hydrogen-bond donors (Lipinski definition) is 0. The zero-order valence-corrected chi connectivity index (χ0v) is 35.6. The molecule has 1 saturated carbocycles. The van der Waals surface area contributed by atoms with Crippen LogP contribution < -0.4 is 14.4 Å². The standard InChI is InChI=1S/C45H59F2N5O3Si/c1-29(2)56(30(3)4,31(5)6)23-17-34-37(46)16-15-32-24-33(55-28-53-8)25-35(39(32)34)41-40(47)42-36(26-48-41)43(52-21-10-9-11-22-52)50-44(49-42)54-27-45-18-12-14-38(45)51(7)20-13-19-45/h15-16,24-26,29-31,38H,9-14,18-22,27-28H2,1-8H3/t38-,45-/m1/s1. The molecule has 300 valence electrons. The molecule has 0 bridgehead atoms. The third-order valence-corrected chi connectivity index (χ3v) is 19.6. The minimum atomic E-state index is -2.25. The van der Waals surface area contributed by atoms with Gasteiger partial charge in [-0.2, -0.15) is 9.97 Å². The molecule has 2 atom stereocenters. The van der Waals surface area contributed by atoms with E-state index in [2.05, 4.69) is 69.9 Å². The van der Waals surface area contributed by atoms with E-state index in [1.165, 1.54) is 12.5 Å². The molecule has 4 aromatic rings. The Morgan fingerprint density at radius 3 is 2.36 bits per heavy atom. The van der Waals surface area contributed by atoms with Crippen molar-refractivity contribution < 1.29 is 23.0 Å². The van der Waals surface area contributed by atoms with Crippen LogP contribution in [0, 0.1) is 28.5 Å². The van der Waals surface area contributed by atoms with E-state index in [0.717, 1.165) is 64.6 Å². The van der Waals surface area contributed by atoms with Crippen LogP contribution >= 0.6 is 0 Å². The molecule has 0 radical (unpaired) electrons. The summed E-state index contributed by atoms with van der Waals surface area (Å²) in [7, 11) is 1.51. The van der Waals surface area contributed by atoms with Gasteiger partial charge in [0.1, 0.15) is 36.7 Å². The maximum Gasteiger partial charge on any atom is 0.319 e. The first-order valence-electron chi connectivity index (χ1n) is 20.8. The van der Waals surface area contributed by atoms with Crippen molar-refractivity contribution in [3.05, 3.63) is 47.7 Å². The number of hydrogen-bond acceptors (Lipinski definition) is 8. The third-order valence-electron chi connectivity index (χ3n) is 13.3. The summed E-state index contributed by atoms with van der Waals surface area (Å²) in [5.74, 6) is 3.37. The molecule has 2 saturated heterocycles. The van der Waals surface area contributed by atoms with Crippen LogP contribution in [0.15, 0.2) is 30.5 Å². The lowest BCUT2D eigenvalue weighted by atomic mass is 9.76. The number of nitrogens with zero attached hydrogens (tertiary/aromatic N) is 5. The number of fused-ring (bicyclic) bond motifs is 3. The van der Waals surface area contributed by atoms with Crippen LogP contribution in [-0.4, -0.2) is 81.2 Å². The van der Waals surface area contributed by atoms with Gasteiger partial charge in [-0.3, -0.25) is 4.98 Å². The van der Waals surface area contributed by atoms with Gasteiger partial charge in [0.05, 0.1) is 17.6 Å². The SMILES string of the molecule is COCOc1cc(-c2ncc3c(N4CCCCC4)nc(OC[C@]45CCC[C@H]4N(C)CCC5)nc3c2F)c2c(C#C[Si](C(C)C)(C(C)C)C(C)C)c(F)ccc2c1. The summed E-state index contributed by atoms with van der Waals surface area (Å²) in [6, 6.07) is 7.30. The van der Waals surface area contributed by atoms with Crippen LogP contribution in [0.2, 0.25) is 16.6 Å². The summed E-state index contributed by atoms with van der Waals surface area (Å²) in [5, 5.41) is 1.68. The summed E-state index contributed by atoms with van der Waals surface area (Å²) in [6.45, 7) is 16.6. The Kier molecular flexibility index (Phi) is 11.9. The average Bonchev–Trinajstić information content (AvgIpc) is 3.62. The predicted molar refractivity (Wildman–Crippen MR) is 224 cm³/mol. The lowest BCUT2D eigenvalue weighted by Crippen LogP contribution is -2.50. The van der Waals surface area contributed by atoms with Crippen molar-refractivity contribution in [1.29, 1.82) is 0 Å². The van der Waals surface area contributed by atoms with E-state index in [4.69, 9.17) is 29.2 Å². The highest BCUT2D eigenvalue weighted by molar-refractivity contribution is 6.90. The van der Waals surface area contributed by atoms with E-state index < -0.39 is 19.7 Å². The van der Waals surface area contributed by atoms with Crippen molar-refractivity contribution in [3.63, 3.8) is 0 Å². The number of ether oxygens (including phenoxy) is 3. The van der Waals surface area contributed by atoms with Gasteiger partial charge in [-0.1, -0.05) is 60.0 Å². The van der Waals surface area contributed by atoms with Crippen molar-refractivity contribution in [1.82, 2.24) is 19.9 Å². The first-order chi connectivity index (χ1) is 26.9. The van der Waals surface area contributed by atoms with Crippen molar-refractivity contribution >= 4 is 35.6 Å². The lowest BCUT2D eigenvalue weighted by molar-refractivity contribution is 0.0133. The Morgan fingerprint density at radius 1 is 0.911 bits per heavy atom. The molecule has 0 spiro atoms. The van der Waals surface area contributed by atoms with Crippen LogP contribution in [0.25, 0.3) is 32.9 Å². The lowest BCUT2D eigenvalue weighted by Gasteiger charge is -2.44. The second-order valence-electron chi connectivity index (χ2n) is 17.4. The Hall–Kier alpha value is -3.85. The Bertz CT molecular complexity index is 2110. The van der Waals surface area contributed by atoms with Crippen LogP contribution in [0.4, 0.5) is 14.6 Å². The zero-order valence-electron chi connectivity index (χ0n) is 34.6. The predicted octanol–water partition coefficient (Wildman–Crippen LogP) is 10.3. The number of aromatic nitrogens is 3. The summed E-state index contributed by atoms with van der Waals surface area (Å²) in [4.78, 5) is 19.3. The number of benzene rings is 2. The summed E-state index contributed by atoms with van der Waals surface area (Å²) in [5.41, 5.74) is 5.57. The van der Waals surface area contributed by atoms with E-state index in [9.17, 15) is 0 Å². The van der Waals surface area contributed by atoms with Gasteiger partial charge in [0, 0.05) is 48.8 Å². The summed E-state index contributed by atoms with van der Waals surface area (Å²) < 4.78 is 51.5. The number of piperidine rings is 2. The fourth-order valence-electron chi connectivity index (χ4n) is 10.5. The maximum absolute atomic E-state index is 17.6. The second-order valence-corrected chi connectivity index (χ2v) is 23.0. The Balaban J connectivity index is 1.42. The molecule has 11 heteroatoms. The molecule has 2 aliphatic heterocycles. The Morgan fingerprint density at radius 2 is 1.64 bits per heavy atom. The van der Waals surface area contributed by atoms with Gasteiger partial charge in [0.2, 0.25) is 0 Å². The number of methoxy groups -OCH3 is 1. The highest BCUT2D eigenvalue weighted by atomic mass is 28.3. The molecule has 3 aliphatic rings. The molecular weight excluding hydrogens is 725 g/mol. The summed E-state index contributed by atoms with van der Waals surface area (Å²) in [6.07, 6.45) is 10.5. The number of halogens is 2. The monoisotopic (exact) mass is 783 g/mol. The molecule has 2 aromatic heterocycles. The van der Waals surface area contributed by atoms with E-state index in [0.29, 0.717) is 62.6 Å². The van der Waals surface area contributed by atoms with Gasteiger partial charge < -0.3 is 24.0 Å². The van der Waals surface area contributed by atoms with Gasteiger partial charge >= 0.3 is 6.01 Å². The molecular formula is C45H59F2N5O3Si. The van der Waals surface area contributed by atoms with E-state index in [-0.39, 0.29) is 35.0 Å². The first-order valence-corrected chi connectivity index (χ1v) is 23.0. The highest BCUT2D eigenvalue weighted by Crippen LogP contribution is 2.48. The van der Waals surface area contributed by atoms with Crippen molar-refractivity contribution in [2.75, 3.05) is 52.1 Å². The van der Waals surface area contributed by atoms with Crippen molar-refractivity contribution in [3.8, 4) is 34.5 Å². The van der Waals surface area contributed by atoms with Crippen LogP contribution in [0.1, 0.15) is 98.5 Å². The van der Waals surface area contributed by atoms with E-state index >= 15 is 8.78 Å². The zero-order chi connectivity index (χ0) is 39.8. The molecule has 4 heterocycles. The first kappa shape index (κ1) is 40.3. The normalized spacial score (nSPS) is 20.6. The molecule has 0 unspecified atom stereocenters. The average molecular weight is 784 g/mol. The smallest absolute Gasteiger partial charge is 0.319 e. The van der Waals surface area contributed by atoms with Crippen LogP contribution in [-0.2, 0) is 4.74 Å². The van der Waals surface area contributed by atoms with Crippen LogP contribution in [0.3, 0.4) is 0 Å². The van der Waals surface area contributed by atoms with Gasteiger partial charge in [0.15, 0.2) is 12.6 Å². The topological polar surface area (TPSA) is 72.8 Å². The van der Waals surface area contributed by atoms with E-state index in [1.807, 2.05) is 6.07 Å². The maximum atomic E-state index is 17.6. The molecule has 3 fully saturated rings. The quantitative estimate of drug-likeness (QED) is 0.0846. The molecule has 56 heavy (non-hydrogen) atoms. The van der Waals surface area contributed by atoms with Crippen molar-refractivity contribution in [2.45, 2.75) is 116 Å². The third kappa shape index (κ3) is 7.38. The number of likely N-dealkylation sites (tertiary alicyclic amines) is 1. The molecule has 2 aromatic carbocycles. The number of anilines is 1. The van der Waals surface area contributed by atoms with Crippen LogP contribution in [0.5, 0.6) is 11.8 Å². The van der Waals surface area contributed by atoms with Gasteiger partial charge in [-0.15, -0.1) is 5.54 Å². The number of pyridine rings is 1. The highest BCUT2D eigenvalue weighted by Gasteiger charge is 2.47. The second kappa shape index (κ2) is 16.6. The fourth-order valence-corrected chi connectivity index (χ4v) is 15.7. The molecule has 1 aliphatic carbocycles. The largest absolute Gasteiger partial charge is 0.468 e. The van der Waals surface area contributed by atoms with Gasteiger partial charge in [-0.25, -0.2) is 8.78 Å². The Labute approximate surface area is 332 Å². The molecule has 0 N–H and O–H groups in total. The van der Waals surface area contributed by atoms with Gasteiger partial charge in [0.25, 0.3) is 0 Å². The molecule has 8 nitrogen and oxygen atoms in total.